The Labute approximate surface area is 240 Å². The molecule has 0 aliphatic heterocycles. The molecule has 1 aliphatic rings. The van der Waals surface area contributed by atoms with E-state index in [0.717, 1.165) is 12.3 Å². The van der Waals surface area contributed by atoms with E-state index in [1.54, 1.807) is 18.2 Å². The minimum Gasteiger partial charge on any atom is -0.339 e. The fraction of sp³-hybridized carbons (Fsp3) is 0.300. The number of amides is 1. The molecule has 7 nitrogen and oxygen atoms in total. The largest absolute Gasteiger partial charge is 0.407 e. The van der Waals surface area contributed by atoms with Crippen LogP contribution in [0.5, 0.6) is 0 Å². The van der Waals surface area contributed by atoms with Gasteiger partial charge in [0.1, 0.15) is 17.9 Å². The summed E-state index contributed by atoms with van der Waals surface area (Å²) in [4.78, 5) is 13.2. The van der Waals surface area contributed by atoms with Crippen molar-refractivity contribution >= 4 is 15.7 Å². The Bertz CT molecular complexity index is 1640. The van der Waals surface area contributed by atoms with Gasteiger partial charge in [-0.25, -0.2) is 12.8 Å². The lowest BCUT2D eigenvalue weighted by molar-refractivity contribution is -0.161. The van der Waals surface area contributed by atoms with Gasteiger partial charge in [-0.1, -0.05) is 42.5 Å². The van der Waals surface area contributed by atoms with Crippen LogP contribution in [0.2, 0.25) is 0 Å². The van der Waals surface area contributed by atoms with Crippen LogP contribution in [0.15, 0.2) is 71.6 Å². The number of carbonyl (C=O) groups is 1. The van der Waals surface area contributed by atoms with E-state index in [9.17, 15) is 36.0 Å². The maximum atomic E-state index is 14.3. The highest BCUT2D eigenvalue weighted by Crippen LogP contribution is 2.39. The van der Waals surface area contributed by atoms with Gasteiger partial charge < -0.3 is 5.32 Å². The number of nitriles is 2. The van der Waals surface area contributed by atoms with Crippen molar-refractivity contribution in [3.8, 4) is 23.3 Å². The number of hydrogen-bond donors (Lipinski definition) is 2. The third kappa shape index (κ3) is 7.52. The van der Waals surface area contributed by atoms with Crippen LogP contribution in [0, 0.1) is 34.4 Å². The molecule has 0 heterocycles. The Kier molecular flexibility index (Phi) is 9.00. The lowest BCUT2D eigenvalue weighted by Crippen LogP contribution is -2.52. The first-order chi connectivity index (χ1) is 19.8. The Morgan fingerprint density at radius 2 is 1.60 bits per heavy atom. The zero-order valence-electron chi connectivity index (χ0n) is 22.3. The number of nitrogens with zero attached hydrogens (tertiary/aromatic N) is 2. The molecule has 1 fully saturated rings. The van der Waals surface area contributed by atoms with Crippen LogP contribution in [0.4, 0.5) is 17.6 Å². The van der Waals surface area contributed by atoms with E-state index in [1.807, 2.05) is 6.07 Å². The Morgan fingerprint density at radius 1 is 1.00 bits per heavy atom. The molecule has 12 heteroatoms. The summed E-state index contributed by atoms with van der Waals surface area (Å²) in [6.45, 7) is 0. The quantitative estimate of drug-likeness (QED) is 0.317. The van der Waals surface area contributed by atoms with Crippen molar-refractivity contribution in [2.45, 2.75) is 48.5 Å². The summed E-state index contributed by atoms with van der Waals surface area (Å²) < 4.78 is 80.5. The smallest absolute Gasteiger partial charge is 0.339 e. The summed E-state index contributed by atoms with van der Waals surface area (Å²) in [7, 11) is -3.40. The standard InChI is InChI=1S/C30H26F4N4O3S/c1-42(40,41)25-12-10-20(11-13-25)19-4-8-22(9-5-19)28(30(32,33)34)38-27(21-6-7-21)29(39)37-24(17-36)15-23-3-2-18(16-35)14-26(23)31/h2-5,8-14,21,24,27-28,38H,6-7,15H2,1H3,(H,37,39)/t24-,27?,28-/m0/s1. The number of rotatable bonds is 10. The molecular weight excluding hydrogens is 572 g/mol. The van der Waals surface area contributed by atoms with E-state index in [4.69, 9.17) is 5.26 Å². The third-order valence-electron chi connectivity index (χ3n) is 6.99. The van der Waals surface area contributed by atoms with Crippen LogP contribution in [0.1, 0.15) is 35.6 Å². The van der Waals surface area contributed by atoms with Gasteiger partial charge in [0, 0.05) is 12.7 Å². The van der Waals surface area contributed by atoms with E-state index in [0.29, 0.717) is 24.0 Å². The summed E-state index contributed by atoms with van der Waals surface area (Å²) in [5.74, 6) is -1.89. The number of alkyl halides is 3. The maximum absolute atomic E-state index is 14.3. The van der Waals surface area contributed by atoms with Crippen molar-refractivity contribution < 1.29 is 30.8 Å². The second-order valence-corrected chi connectivity index (χ2v) is 12.2. The first kappa shape index (κ1) is 30.7. The summed E-state index contributed by atoms with van der Waals surface area (Å²) in [5, 5.41) is 23.4. The van der Waals surface area contributed by atoms with Crippen LogP contribution in [-0.2, 0) is 21.1 Å². The summed E-state index contributed by atoms with van der Waals surface area (Å²) >= 11 is 0. The minimum absolute atomic E-state index is 0.0796. The Morgan fingerprint density at radius 3 is 2.07 bits per heavy atom. The molecule has 3 aromatic carbocycles. The summed E-state index contributed by atoms with van der Waals surface area (Å²) in [6.07, 6.45) is -2.86. The molecule has 4 rings (SSSR count). The van der Waals surface area contributed by atoms with Crippen molar-refractivity contribution in [2.75, 3.05) is 6.26 Å². The average molecular weight is 599 g/mol. The number of sulfone groups is 1. The van der Waals surface area contributed by atoms with Gasteiger partial charge >= 0.3 is 6.18 Å². The van der Waals surface area contributed by atoms with E-state index in [1.165, 1.54) is 48.5 Å². The summed E-state index contributed by atoms with van der Waals surface area (Å²) in [5.41, 5.74) is 1.22. The molecule has 2 N–H and O–H groups in total. The van der Waals surface area contributed by atoms with Gasteiger partial charge in [-0.3, -0.25) is 10.1 Å². The molecule has 3 aromatic rings. The molecule has 3 atom stereocenters. The Hall–Kier alpha value is -4.26. The monoisotopic (exact) mass is 598 g/mol. The van der Waals surface area contributed by atoms with Crippen molar-refractivity contribution in [3.63, 3.8) is 0 Å². The van der Waals surface area contributed by atoms with Gasteiger partial charge in [-0.05, 0) is 65.3 Å². The number of nitrogens with one attached hydrogen (secondary N) is 2. The highest BCUT2D eigenvalue weighted by atomic mass is 32.2. The normalized spacial score (nSPS) is 15.6. The first-order valence-corrected chi connectivity index (χ1v) is 14.8. The molecule has 218 valence electrons. The zero-order chi connectivity index (χ0) is 30.7. The second-order valence-electron chi connectivity index (χ2n) is 10.2. The molecule has 0 bridgehead atoms. The highest BCUT2D eigenvalue weighted by Gasteiger charge is 2.46. The van der Waals surface area contributed by atoms with Gasteiger partial charge in [-0.15, -0.1) is 0 Å². The first-order valence-electron chi connectivity index (χ1n) is 12.9. The molecule has 42 heavy (non-hydrogen) atoms. The SMILES string of the molecule is CS(=O)(=O)c1ccc(-c2ccc([C@H](NC(C(=O)N[C@H](C#N)Cc3ccc(C#N)cc3F)C3CC3)C(F)(F)F)cc2)cc1. The van der Waals surface area contributed by atoms with Crippen LogP contribution in [0.3, 0.4) is 0 Å². The zero-order valence-corrected chi connectivity index (χ0v) is 23.1. The predicted octanol–water partition coefficient (Wildman–Crippen LogP) is 4.99. The lowest BCUT2D eigenvalue weighted by Gasteiger charge is -2.28. The molecule has 0 aromatic heterocycles. The Balaban J connectivity index is 1.51. The fourth-order valence-electron chi connectivity index (χ4n) is 4.57. The topological polar surface area (TPSA) is 123 Å². The van der Waals surface area contributed by atoms with E-state index >= 15 is 0 Å². The third-order valence-corrected chi connectivity index (χ3v) is 8.12. The number of halogens is 4. The average Bonchev–Trinajstić information content (AvgIpc) is 3.78. The maximum Gasteiger partial charge on any atom is 0.407 e. The van der Waals surface area contributed by atoms with Crippen LogP contribution < -0.4 is 10.6 Å². The molecule has 0 saturated heterocycles. The van der Waals surface area contributed by atoms with Gasteiger partial charge in [0.2, 0.25) is 5.91 Å². The van der Waals surface area contributed by atoms with Crippen molar-refractivity contribution in [3.05, 3.63) is 89.2 Å². The predicted molar refractivity (Wildman–Crippen MR) is 146 cm³/mol. The van der Waals surface area contributed by atoms with E-state index in [-0.39, 0.29) is 33.9 Å². The fourth-order valence-corrected chi connectivity index (χ4v) is 5.20. The van der Waals surface area contributed by atoms with Gasteiger partial charge in [0.05, 0.1) is 28.6 Å². The number of hydrogen-bond acceptors (Lipinski definition) is 6. The van der Waals surface area contributed by atoms with Gasteiger partial charge in [0.25, 0.3) is 0 Å². The molecule has 1 amide bonds. The molecule has 0 spiro atoms. The van der Waals surface area contributed by atoms with E-state index < -0.39 is 45.9 Å². The van der Waals surface area contributed by atoms with Gasteiger partial charge in [0.15, 0.2) is 9.84 Å². The van der Waals surface area contributed by atoms with Crippen molar-refractivity contribution in [2.24, 2.45) is 5.92 Å². The van der Waals surface area contributed by atoms with Crippen LogP contribution in [-0.4, -0.2) is 38.8 Å². The highest BCUT2D eigenvalue weighted by molar-refractivity contribution is 7.90. The van der Waals surface area contributed by atoms with Crippen molar-refractivity contribution in [1.29, 1.82) is 10.5 Å². The number of benzene rings is 3. The minimum atomic E-state index is -4.76. The van der Waals surface area contributed by atoms with Crippen LogP contribution in [0.25, 0.3) is 11.1 Å². The number of carbonyl (C=O) groups excluding carboxylic acids is 1. The molecule has 1 unspecified atom stereocenters. The van der Waals surface area contributed by atoms with E-state index in [2.05, 4.69) is 10.6 Å². The summed E-state index contributed by atoms with van der Waals surface area (Å²) in [6, 6.07) is 14.2. The van der Waals surface area contributed by atoms with Crippen molar-refractivity contribution in [1.82, 2.24) is 10.6 Å². The molecular formula is C30H26F4N4O3S. The van der Waals surface area contributed by atoms with Crippen LogP contribution >= 0.6 is 0 Å². The lowest BCUT2D eigenvalue weighted by atomic mass is 9.99. The van der Waals surface area contributed by atoms with Gasteiger partial charge in [-0.2, -0.15) is 23.7 Å². The molecule has 1 saturated carbocycles. The second kappa shape index (κ2) is 12.3. The molecule has 0 radical (unpaired) electrons. The molecule has 1 aliphatic carbocycles.